The van der Waals surface area contributed by atoms with Crippen molar-refractivity contribution in [2.45, 2.75) is 22.2 Å². The van der Waals surface area contributed by atoms with Crippen molar-refractivity contribution in [3.05, 3.63) is 23.7 Å². The average molecular weight is 407 g/mol. The normalized spacial score (nSPS) is 12.8. The van der Waals surface area contributed by atoms with Crippen molar-refractivity contribution in [3.8, 4) is 10.7 Å². The molecule has 0 N–H and O–H groups in total. The van der Waals surface area contributed by atoms with Gasteiger partial charge < -0.3 is 4.57 Å². The Labute approximate surface area is 149 Å². The molecule has 0 fully saturated rings. The number of hydrogen-bond acceptors (Lipinski definition) is 6. The number of rotatable bonds is 4. The van der Waals surface area contributed by atoms with E-state index in [2.05, 4.69) is 9.97 Å². The highest BCUT2D eigenvalue weighted by atomic mass is 32.2. The maximum absolute atomic E-state index is 12.5. The van der Waals surface area contributed by atoms with Gasteiger partial charge in [-0.15, -0.1) is 11.3 Å². The van der Waals surface area contributed by atoms with Crippen LogP contribution in [0.4, 0.5) is 13.2 Å². The van der Waals surface area contributed by atoms with Gasteiger partial charge in [0.2, 0.25) is 0 Å². The molecule has 134 valence electrons. The van der Waals surface area contributed by atoms with E-state index >= 15 is 0 Å². The third-order valence-electron chi connectivity index (χ3n) is 3.46. The van der Waals surface area contributed by atoms with Gasteiger partial charge in [0.15, 0.2) is 21.3 Å². The molecule has 0 aliphatic carbocycles. The number of imidazole rings is 1. The summed E-state index contributed by atoms with van der Waals surface area (Å²) in [5.41, 5.74) is -3.75. The monoisotopic (exact) mass is 407 g/mol. The minimum atomic E-state index is -4.41. The van der Waals surface area contributed by atoms with Crippen molar-refractivity contribution in [1.82, 2.24) is 14.5 Å². The molecule has 0 spiro atoms. The molecule has 3 aromatic heterocycles. The van der Waals surface area contributed by atoms with Crippen LogP contribution in [-0.4, -0.2) is 34.2 Å². The molecule has 0 atom stereocenters. The molecule has 3 heterocycles. The number of sulfone groups is 1. The lowest BCUT2D eigenvalue weighted by Gasteiger charge is -2.05. The Balaban J connectivity index is 2.13. The molecule has 0 saturated heterocycles. The fourth-order valence-electron chi connectivity index (χ4n) is 2.31. The number of alkyl halides is 3. The van der Waals surface area contributed by atoms with Gasteiger partial charge in [-0.2, -0.15) is 13.2 Å². The highest BCUT2D eigenvalue weighted by Crippen LogP contribution is 2.38. The fourth-order valence-corrected chi connectivity index (χ4v) is 5.24. The predicted octanol–water partition coefficient (Wildman–Crippen LogP) is 4.10. The van der Waals surface area contributed by atoms with Crippen LogP contribution in [0.5, 0.6) is 0 Å². The van der Waals surface area contributed by atoms with Gasteiger partial charge in [0, 0.05) is 18.1 Å². The summed E-state index contributed by atoms with van der Waals surface area (Å²) in [6.45, 7) is 1.55. The first kappa shape index (κ1) is 18.2. The molecule has 0 radical (unpaired) electrons. The lowest BCUT2D eigenvalue weighted by atomic mass is 10.4. The van der Waals surface area contributed by atoms with Crippen LogP contribution in [0.15, 0.2) is 33.5 Å². The molecule has 3 rings (SSSR count). The number of thiophene rings is 1. The zero-order valence-corrected chi connectivity index (χ0v) is 15.5. The summed E-state index contributed by atoms with van der Waals surface area (Å²) in [5, 5.41) is 1.65. The van der Waals surface area contributed by atoms with Gasteiger partial charge >= 0.3 is 5.51 Å². The fraction of sp³-hybridized carbons (Fsp3) is 0.286. The zero-order valence-electron chi connectivity index (χ0n) is 13.0. The average Bonchev–Trinajstić information content (AvgIpc) is 3.11. The highest BCUT2D eigenvalue weighted by molar-refractivity contribution is 8.00. The Kier molecular flexibility index (Phi) is 4.58. The summed E-state index contributed by atoms with van der Waals surface area (Å²) < 4.78 is 63.6. The van der Waals surface area contributed by atoms with Crippen LogP contribution in [0.2, 0.25) is 0 Å². The van der Waals surface area contributed by atoms with Gasteiger partial charge in [-0.1, -0.05) is 6.92 Å². The van der Waals surface area contributed by atoms with Crippen molar-refractivity contribution < 1.29 is 21.6 Å². The quantitative estimate of drug-likeness (QED) is 0.609. The van der Waals surface area contributed by atoms with E-state index in [0.29, 0.717) is 16.3 Å². The molecule has 11 heteroatoms. The van der Waals surface area contributed by atoms with Crippen LogP contribution in [0, 0.1) is 0 Å². The van der Waals surface area contributed by atoms with Gasteiger partial charge in [-0.3, -0.25) is 0 Å². The lowest BCUT2D eigenvalue weighted by molar-refractivity contribution is -0.0328. The number of halogens is 3. The predicted molar refractivity (Wildman–Crippen MR) is 91.5 cm³/mol. The van der Waals surface area contributed by atoms with Crippen molar-refractivity contribution in [3.63, 3.8) is 0 Å². The van der Waals surface area contributed by atoms with Crippen molar-refractivity contribution in [2.75, 3.05) is 5.75 Å². The number of pyridine rings is 1. The minimum Gasteiger partial charge on any atom is -0.311 e. The number of fused-ring (bicyclic) bond motifs is 1. The van der Waals surface area contributed by atoms with Crippen LogP contribution in [0.3, 0.4) is 0 Å². The first-order valence-corrected chi connectivity index (χ1v) is 10.4. The third-order valence-corrected chi connectivity index (χ3v) is 6.97. The van der Waals surface area contributed by atoms with Gasteiger partial charge in [0.25, 0.3) is 0 Å². The second-order valence-electron chi connectivity index (χ2n) is 5.07. The second kappa shape index (κ2) is 6.29. The van der Waals surface area contributed by atoms with E-state index < -0.39 is 15.3 Å². The van der Waals surface area contributed by atoms with Crippen molar-refractivity contribution >= 4 is 44.1 Å². The Morgan fingerprint density at radius 2 is 2.08 bits per heavy atom. The molecule has 0 aliphatic rings. The molecule has 3 aromatic rings. The first-order valence-electron chi connectivity index (χ1n) is 7.01. The zero-order chi connectivity index (χ0) is 18.4. The maximum atomic E-state index is 12.5. The van der Waals surface area contributed by atoms with E-state index in [4.69, 9.17) is 0 Å². The highest BCUT2D eigenvalue weighted by Gasteiger charge is 2.30. The Morgan fingerprint density at radius 1 is 1.36 bits per heavy atom. The molecule has 0 unspecified atom stereocenters. The summed E-state index contributed by atoms with van der Waals surface area (Å²) >= 11 is 0.947. The minimum absolute atomic E-state index is 0.0503. The molecule has 0 aromatic carbocycles. The summed E-state index contributed by atoms with van der Waals surface area (Å²) in [4.78, 5) is 8.91. The van der Waals surface area contributed by atoms with Gasteiger partial charge in [-0.05, 0) is 29.3 Å². The van der Waals surface area contributed by atoms with Crippen LogP contribution in [0.1, 0.15) is 6.92 Å². The van der Waals surface area contributed by atoms with Crippen molar-refractivity contribution in [1.29, 1.82) is 0 Å². The summed E-state index contributed by atoms with van der Waals surface area (Å²) in [6.07, 6.45) is 1.13. The smallest absolute Gasteiger partial charge is 0.311 e. The summed E-state index contributed by atoms with van der Waals surface area (Å²) in [5.74, 6) is 0.310. The van der Waals surface area contributed by atoms with Crippen LogP contribution in [-0.2, 0) is 16.9 Å². The summed E-state index contributed by atoms with van der Waals surface area (Å²) in [7, 11) is -1.79. The topological polar surface area (TPSA) is 64.8 Å². The van der Waals surface area contributed by atoms with E-state index in [1.54, 1.807) is 23.9 Å². The van der Waals surface area contributed by atoms with Crippen molar-refractivity contribution in [2.24, 2.45) is 7.05 Å². The van der Waals surface area contributed by atoms with Gasteiger partial charge in [0.05, 0.1) is 15.5 Å². The van der Waals surface area contributed by atoms with E-state index in [1.165, 1.54) is 23.5 Å². The molecule has 0 bridgehead atoms. The molecule has 0 aliphatic heterocycles. The van der Waals surface area contributed by atoms with E-state index in [0.717, 1.165) is 6.20 Å². The third kappa shape index (κ3) is 3.53. The Bertz CT molecular complexity index is 1040. The number of aryl methyl sites for hydroxylation is 1. The van der Waals surface area contributed by atoms with E-state index in [1.807, 2.05) is 0 Å². The Hall–Kier alpha value is -1.59. The maximum Gasteiger partial charge on any atom is 0.446 e. The molecular weight excluding hydrogens is 395 g/mol. The number of hydrogen-bond donors (Lipinski definition) is 0. The van der Waals surface area contributed by atoms with Crippen LogP contribution < -0.4 is 0 Å². The SMILES string of the molecule is CCS(=O)(=O)c1ccsc1-c1nc2cc(SC(F)(F)F)cnc2n1C. The van der Waals surface area contributed by atoms with Crippen LogP contribution >= 0.6 is 23.1 Å². The van der Waals surface area contributed by atoms with Gasteiger partial charge in [-0.25, -0.2) is 18.4 Å². The number of aromatic nitrogens is 3. The first-order chi connectivity index (χ1) is 11.6. The Morgan fingerprint density at radius 3 is 2.72 bits per heavy atom. The van der Waals surface area contributed by atoms with Crippen LogP contribution in [0.25, 0.3) is 21.9 Å². The second-order valence-corrected chi connectivity index (χ2v) is 9.37. The summed E-state index contributed by atoms with van der Waals surface area (Å²) in [6, 6.07) is 2.81. The molecule has 25 heavy (non-hydrogen) atoms. The standard InChI is InChI=1S/C14H12F3N3O2S3/c1-3-25(21,22)10-4-5-23-11(10)13-19-9-6-8(24-14(15,16)17)7-18-12(9)20(13)2/h4-7H,3H2,1-2H3. The number of thioether (sulfide) groups is 1. The van der Waals surface area contributed by atoms with Gasteiger partial charge in [0.1, 0.15) is 5.52 Å². The molecule has 0 amide bonds. The lowest BCUT2D eigenvalue weighted by Crippen LogP contribution is -2.04. The van der Waals surface area contributed by atoms with E-state index in [-0.39, 0.29) is 32.8 Å². The molecular formula is C14H12F3N3O2S3. The number of nitrogens with zero attached hydrogens (tertiary/aromatic N) is 3. The largest absolute Gasteiger partial charge is 0.446 e. The molecule has 5 nitrogen and oxygen atoms in total. The van der Waals surface area contributed by atoms with E-state index in [9.17, 15) is 21.6 Å². The molecule has 0 saturated carbocycles.